The normalized spacial score (nSPS) is 15.6. The Hall–Kier alpha value is -2.19. The van der Waals surface area contributed by atoms with Crippen LogP contribution in [0.5, 0.6) is 0 Å². The van der Waals surface area contributed by atoms with Crippen LogP contribution in [0.15, 0.2) is 23.1 Å². The van der Waals surface area contributed by atoms with E-state index in [1.165, 1.54) is 52.3 Å². The summed E-state index contributed by atoms with van der Waals surface area (Å²) >= 11 is 0. The zero-order valence-corrected chi connectivity index (χ0v) is 18.4. The number of hydrogen-bond donors (Lipinski definition) is 2. The van der Waals surface area contributed by atoms with Gasteiger partial charge in [0.25, 0.3) is 5.91 Å². The molecule has 1 saturated carbocycles. The summed E-state index contributed by atoms with van der Waals surface area (Å²) in [6.07, 6.45) is 7.32. The van der Waals surface area contributed by atoms with Crippen LogP contribution in [0.1, 0.15) is 59.3 Å². The third-order valence-corrected chi connectivity index (χ3v) is 7.69. The molecule has 0 radical (unpaired) electrons. The summed E-state index contributed by atoms with van der Waals surface area (Å²) in [4.78, 5) is 12.9. The SMILES string of the molecule is Cc1cc(C(=O)Nc2cc(CC3CCCCC3)[nH]n2)cc(S(=O)(=O)N(C)C)c1C. The minimum Gasteiger partial charge on any atom is -0.305 e. The highest BCUT2D eigenvalue weighted by molar-refractivity contribution is 7.89. The molecule has 0 bridgehead atoms. The summed E-state index contributed by atoms with van der Waals surface area (Å²) in [6.45, 7) is 3.55. The van der Waals surface area contributed by atoms with Gasteiger partial charge >= 0.3 is 0 Å². The summed E-state index contributed by atoms with van der Waals surface area (Å²) in [5.41, 5.74) is 2.70. The monoisotopic (exact) mass is 418 g/mol. The smallest absolute Gasteiger partial charge is 0.256 e. The van der Waals surface area contributed by atoms with E-state index in [9.17, 15) is 13.2 Å². The molecular weight excluding hydrogens is 388 g/mol. The fourth-order valence-electron chi connectivity index (χ4n) is 3.84. The van der Waals surface area contributed by atoms with E-state index in [1.807, 2.05) is 6.07 Å². The number of rotatable bonds is 6. The van der Waals surface area contributed by atoms with Gasteiger partial charge in [0.05, 0.1) is 4.90 Å². The lowest BCUT2D eigenvalue weighted by molar-refractivity contribution is 0.102. The quantitative estimate of drug-likeness (QED) is 0.748. The van der Waals surface area contributed by atoms with Crippen LogP contribution in [0.25, 0.3) is 0 Å². The summed E-state index contributed by atoms with van der Waals surface area (Å²) in [6, 6.07) is 5.00. The number of nitrogens with zero attached hydrogens (tertiary/aromatic N) is 2. The number of carbonyl (C=O) groups excluding carboxylic acids is 1. The number of amides is 1. The molecule has 1 aliphatic rings. The molecule has 1 amide bonds. The zero-order valence-electron chi connectivity index (χ0n) is 17.6. The van der Waals surface area contributed by atoms with E-state index in [0.717, 1.165) is 22.0 Å². The second-order valence-electron chi connectivity index (χ2n) is 8.14. The van der Waals surface area contributed by atoms with Gasteiger partial charge in [-0.05, 0) is 49.4 Å². The first kappa shape index (κ1) is 21.5. The zero-order chi connectivity index (χ0) is 21.2. The highest BCUT2D eigenvalue weighted by Crippen LogP contribution is 2.27. The number of H-pyrrole nitrogens is 1. The van der Waals surface area contributed by atoms with Gasteiger partial charge in [-0.15, -0.1) is 0 Å². The van der Waals surface area contributed by atoms with Crippen molar-refractivity contribution in [2.24, 2.45) is 5.92 Å². The molecule has 7 nitrogen and oxygen atoms in total. The molecule has 158 valence electrons. The fourth-order valence-corrected chi connectivity index (χ4v) is 5.06. The van der Waals surface area contributed by atoms with Gasteiger partial charge in [-0.25, -0.2) is 12.7 Å². The lowest BCUT2D eigenvalue weighted by Gasteiger charge is -2.20. The van der Waals surface area contributed by atoms with E-state index in [2.05, 4.69) is 15.5 Å². The maximum atomic E-state index is 12.8. The maximum absolute atomic E-state index is 12.8. The summed E-state index contributed by atoms with van der Waals surface area (Å²) in [5, 5.41) is 10.00. The van der Waals surface area contributed by atoms with Gasteiger partial charge in [0.2, 0.25) is 10.0 Å². The fraction of sp³-hybridized carbons (Fsp3) is 0.524. The Morgan fingerprint density at radius 3 is 2.52 bits per heavy atom. The lowest BCUT2D eigenvalue weighted by atomic mass is 9.86. The van der Waals surface area contributed by atoms with Gasteiger partial charge < -0.3 is 5.32 Å². The van der Waals surface area contributed by atoms with E-state index < -0.39 is 10.0 Å². The third kappa shape index (κ3) is 4.87. The molecule has 0 unspecified atom stereocenters. The van der Waals surface area contributed by atoms with E-state index in [0.29, 0.717) is 22.9 Å². The van der Waals surface area contributed by atoms with E-state index in [1.54, 1.807) is 19.9 Å². The second kappa shape index (κ2) is 8.67. The second-order valence-corrected chi connectivity index (χ2v) is 10.3. The number of nitrogens with one attached hydrogen (secondary N) is 2. The number of carbonyl (C=O) groups is 1. The van der Waals surface area contributed by atoms with Gasteiger partial charge in [0.15, 0.2) is 5.82 Å². The highest BCUT2D eigenvalue weighted by atomic mass is 32.2. The first-order chi connectivity index (χ1) is 13.7. The van der Waals surface area contributed by atoms with Gasteiger partial charge in [-0.1, -0.05) is 32.1 Å². The Morgan fingerprint density at radius 1 is 1.17 bits per heavy atom. The van der Waals surface area contributed by atoms with Crippen molar-refractivity contribution in [3.8, 4) is 0 Å². The molecule has 0 saturated heterocycles. The number of benzene rings is 1. The molecule has 2 N–H and O–H groups in total. The van der Waals surface area contributed by atoms with Crippen molar-refractivity contribution in [3.63, 3.8) is 0 Å². The molecule has 0 atom stereocenters. The first-order valence-corrected chi connectivity index (χ1v) is 11.5. The standard InChI is InChI=1S/C21H30N4O3S/c1-14-10-17(12-19(15(14)2)29(27,28)25(3)4)21(26)22-20-13-18(23-24-20)11-16-8-6-5-7-9-16/h10,12-13,16H,5-9,11H2,1-4H3,(H2,22,23,24,26). The summed E-state index contributed by atoms with van der Waals surface area (Å²) < 4.78 is 26.4. The minimum absolute atomic E-state index is 0.146. The number of aromatic amines is 1. The first-order valence-electron chi connectivity index (χ1n) is 10.1. The Bertz CT molecular complexity index is 989. The van der Waals surface area contributed by atoms with Crippen LogP contribution < -0.4 is 5.32 Å². The van der Waals surface area contributed by atoms with Gasteiger partial charge in [-0.2, -0.15) is 5.10 Å². The number of hydrogen-bond acceptors (Lipinski definition) is 4. The molecule has 1 fully saturated rings. The molecule has 0 aliphatic heterocycles. The van der Waals surface area contributed by atoms with Crippen molar-refractivity contribution in [3.05, 3.63) is 40.6 Å². The van der Waals surface area contributed by atoms with Gasteiger partial charge in [0, 0.05) is 31.4 Å². The molecular formula is C21H30N4O3S. The Labute approximate surface area is 172 Å². The van der Waals surface area contributed by atoms with Gasteiger partial charge in [-0.3, -0.25) is 9.89 Å². The number of aromatic nitrogens is 2. The predicted octanol–water partition coefficient (Wildman–Crippen LogP) is 3.65. The van der Waals surface area contributed by atoms with Crippen LogP contribution in [0.3, 0.4) is 0 Å². The van der Waals surface area contributed by atoms with Crippen LogP contribution in [-0.4, -0.2) is 42.9 Å². The van der Waals surface area contributed by atoms with Crippen LogP contribution in [-0.2, 0) is 16.4 Å². The Kier molecular flexibility index (Phi) is 6.43. The molecule has 1 aliphatic carbocycles. The van der Waals surface area contributed by atoms with E-state index >= 15 is 0 Å². The topological polar surface area (TPSA) is 95.2 Å². The third-order valence-electron chi connectivity index (χ3n) is 5.75. The molecule has 1 aromatic heterocycles. The molecule has 1 heterocycles. The van der Waals surface area contributed by atoms with Crippen molar-refractivity contribution < 1.29 is 13.2 Å². The maximum Gasteiger partial charge on any atom is 0.256 e. The van der Waals surface area contributed by atoms with E-state index in [4.69, 9.17) is 0 Å². The highest BCUT2D eigenvalue weighted by Gasteiger charge is 2.23. The van der Waals surface area contributed by atoms with Crippen LogP contribution >= 0.6 is 0 Å². The predicted molar refractivity (Wildman–Crippen MR) is 114 cm³/mol. The average molecular weight is 419 g/mol. The molecule has 2 aromatic rings. The number of aryl methyl sites for hydroxylation is 1. The van der Waals surface area contributed by atoms with E-state index in [-0.39, 0.29) is 10.8 Å². The lowest BCUT2D eigenvalue weighted by Crippen LogP contribution is -2.24. The van der Waals surface area contributed by atoms with Crippen molar-refractivity contribution in [1.82, 2.24) is 14.5 Å². The molecule has 29 heavy (non-hydrogen) atoms. The van der Waals surface area contributed by atoms with Gasteiger partial charge in [0.1, 0.15) is 0 Å². The largest absolute Gasteiger partial charge is 0.305 e. The molecule has 3 rings (SSSR count). The Morgan fingerprint density at radius 2 is 1.86 bits per heavy atom. The number of sulfonamides is 1. The minimum atomic E-state index is -3.64. The number of anilines is 1. The van der Waals surface area contributed by atoms with Crippen molar-refractivity contribution in [2.45, 2.75) is 57.3 Å². The Balaban J connectivity index is 1.77. The molecule has 8 heteroatoms. The molecule has 0 spiro atoms. The van der Waals surface area contributed by atoms with Crippen molar-refractivity contribution in [2.75, 3.05) is 19.4 Å². The summed E-state index contributed by atoms with van der Waals surface area (Å²) in [7, 11) is -0.679. The van der Waals surface area contributed by atoms with Crippen LogP contribution in [0.2, 0.25) is 0 Å². The summed E-state index contributed by atoms with van der Waals surface area (Å²) in [5.74, 6) is 0.751. The average Bonchev–Trinajstić information content (AvgIpc) is 3.11. The molecule has 1 aromatic carbocycles. The van der Waals surface area contributed by atoms with Crippen LogP contribution in [0.4, 0.5) is 5.82 Å². The van der Waals surface area contributed by atoms with Crippen molar-refractivity contribution >= 4 is 21.7 Å². The van der Waals surface area contributed by atoms with Crippen LogP contribution in [0, 0.1) is 19.8 Å². The van der Waals surface area contributed by atoms with Crippen molar-refractivity contribution in [1.29, 1.82) is 0 Å².